The average Bonchev–Trinajstić information content (AvgIpc) is 2.57. The highest BCUT2D eigenvalue weighted by molar-refractivity contribution is 5.25. The average molecular weight is 168 g/mol. The molecule has 2 heterocycles. The van der Waals surface area contributed by atoms with Gasteiger partial charge < -0.3 is 15.1 Å². The van der Waals surface area contributed by atoms with Gasteiger partial charge in [-0.25, -0.2) is 0 Å². The molecule has 2 N–H and O–H groups in total. The predicted octanol–water partition coefficient (Wildman–Crippen LogP) is 0.345. The zero-order chi connectivity index (χ0) is 8.39. The molecular formula is C7H12N4O. The maximum Gasteiger partial charge on any atom is 0.319 e. The Morgan fingerprint density at radius 3 is 3.17 bits per heavy atom. The minimum Gasteiger partial charge on any atom is -0.411 e. The topological polar surface area (TPSA) is 68.2 Å². The molecule has 1 aliphatic rings. The maximum atomic E-state index is 5.87. The standard InChI is InChI=1S/C7H12N4O/c8-6-3-1-2-4-11(6)7-10-9-5-12-7/h5-6H,1-4,8H2. The fourth-order valence-corrected chi connectivity index (χ4v) is 1.49. The molecule has 1 aromatic rings. The monoisotopic (exact) mass is 168 g/mol. The summed E-state index contributed by atoms with van der Waals surface area (Å²) in [6, 6.07) is 0.544. The number of aromatic nitrogens is 2. The second-order valence-electron chi connectivity index (χ2n) is 2.98. The van der Waals surface area contributed by atoms with Crippen molar-refractivity contribution in [1.82, 2.24) is 10.2 Å². The summed E-state index contributed by atoms with van der Waals surface area (Å²) in [4.78, 5) is 1.95. The zero-order valence-corrected chi connectivity index (χ0v) is 6.81. The molecule has 0 aliphatic carbocycles. The van der Waals surface area contributed by atoms with Gasteiger partial charge in [-0.15, -0.1) is 5.10 Å². The van der Waals surface area contributed by atoms with Crippen molar-refractivity contribution in [2.75, 3.05) is 11.4 Å². The Hall–Kier alpha value is -1.10. The molecule has 1 fully saturated rings. The third kappa shape index (κ3) is 1.27. The van der Waals surface area contributed by atoms with Crippen LogP contribution in [0.4, 0.5) is 6.01 Å². The van der Waals surface area contributed by atoms with E-state index in [1.54, 1.807) is 0 Å². The highest BCUT2D eigenvalue weighted by Crippen LogP contribution is 2.19. The minimum absolute atomic E-state index is 0.0409. The Bertz CT molecular complexity index is 236. The van der Waals surface area contributed by atoms with Gasteiger partial charge in [0.15, 0.2) is 0 Å². The van der Waals surface area contributed by atoms with Gasteiger partial charge in [0.2, 0.25) is 6.39 Å². The lowest BCUT2D eigenvalue weighted by molar-refractivity contribution is 0.424. The molecule has 5 nitrogen and oxygen atoms in total. The molecule has 66 valence electrons. The minimum atomic E-state index is 0.0409. The zero-order valence-electron chi connectivity index (χ0n) is 6.81. The summed E-state index contributed by atoms with van der Waals surface area (Å²) in [6.07, 6.45) is 4.71. The van der Waals surface area contributed by atoms with E-state index in [0.29, 0.717) is 6.01 Å². The Kier molecular flexibility index (Phi) is 1.95. The molecule has 2 rings (SSSR count). The van der Waals surface area contributed by atoms with Crippen LogP contribution in [0.25, 0.3) is 0 Å². The fraction of sp³-hybridized carbons (Fsp3) is 0.714. The van der Waals surface area contributed by atoms with Crippen LogP contribution in [0.1, 0.15) is 19.3 Å². The number of rotatable bonds is 1. The second-order valence-corrected chi connectivity index (χ2v) is 2.98. The van der Waals surface area contributed by atoms with Crippen LogP contribution in [0.15, 0.2) is 10.8 Å². The van der Waals surface area contributed by atoms with Gasteiger partial charge >= 0.3 is 6.01 Å². The smallest absolute Gasteiger partial charge is 0.319 e. The molecular weight excluding hydrogens is 156 g/mol. The van der Waals surface area contributed by atoms with E-state index in [1.165, 1.54) is 12.8 Å². The largest absolute Gasteiger partial charge is 0.411 e. The van der Waals surface area contributed by atoms with Crippen molar-refractivity contribution in [2.45, 2.75) is 25.4 Å². The summed E-state index contributed by atoms with van der Waals surface area (Å²) in [5.74, 6) is 0. The number of anilines is 1. The molecule has 1 aromatic heterocycles. The molecule has 5 heteroatoms. The van der Waals surface area contributed by atoms with E-state index in [1.807, 2.05) is 4.90 Å². The van der Waals surface area contributed by atoms with Crippen LogP contribution >= 0.6 is 0 Å². The van der Waals surface area contributed by atoms with Gasteiger partial charge in [-0.2, -0.15) is 0 Å². The van der Waals surface area contributed by atoms with Crippen molar-refractivity contribution < 1.29 is 4.42 Å². The summed E-state index contributed by atoms with van der Waals surface area (Å²) in [5.41, 5.74) is 5.87. The first-order chi connectivity index (χ1) is 5.88. The van der Waals surface area contributed by atoms with E-state index in [0.717, 1.165) is 19.4 Å². The molecule has 0 spiro atoms. The van der Waals surface area contributed by atoms with Crippen LogP contribution in [0.5, 0.6) is 0 Å². The molecule has 1 unspecified atom stereocenters. The van der Waals surface area contributed by atoms with Crippen molar-refractivity contribution in [3.63, 3.8) is 0 Å². The SMILES string of the molecule is NC1CCCCN1c1nnco1. The Morgan fingerprint density at radius 2 is 2.50 bits per heavy atom. The molecule has 1 aliphatic heterocycles. The molecule has 0 amide bonds. The van der Waals surface area contributed by atoms with Crippen LogP contribution in [0.3, 0.4) is 0 Å². The number of piperidine rings is 1. The molecule has 12 heavy (non-hydrogen) atoms. The third-order valence-corrected chi connectivity index (χ3v) is 2.14. The number of hydrogen-bond acceptors (Lipinski definition) is 5. The lowest BCUT2D eigenvalue weighted by Crippen LogP contribution is -2.45. The first-order valence-corrected chi connectivity index (χ1v) is 4.16. The first kappa shape index (κ1) is 7.54. The van der Waals surface area contributed by atoms with Crippen molar-refractivity contribution in [3.8, 4) is 0 Å². The lowest BCUT2D eigenvalue weighted by Gasteiger charge is -2.30. The van der Waals surface area contributed by atoms with Crippen molar-refractivity contribution in [2.24, 2.45) is 5.73 Å². The molecule has 0 aromatic carbocycles. The van der Waals surface area contributed by atoms with E-state index in [4.69, 9.17) is 10.2 Å². The van der Waals surface area contributed by atoms with E-state index >= 15 is 0 Å². The molecule has 0 saturated carbocycles. The third-order valence-electron chi connectivity index (χ3n) is 2.14. The first-order valence-electron chi connectivity index (χ1n) is 4.16. The highest BCUT2D eigenvalue weighted by Gasteiger charge is 2.22. The highest BCUT2D eigenvalue weighted by atomic mass is 16.4. The molecule has 0 radical (unpaired) electrons. The van der Waals surface area contributed by atoms with Gasteiger partial charge in [0.25, 0.3) is 0 Å². The number of nitrogens with two attached hydrogens (primary N) is 1. The van der Waals surface area contributed by atoms with Crippen LogP contribution in [-0.2, 0) is 0 Å². The van der Waals surface area contributed by atoms with Gasteiger partial charge in [0.1, 0.15) is 0 Å². The summed E-state index contributed by atoms with van der Waals surface area (Å²) < 4.78 is 5.07. The Balaban J connectivity index is 2.11. The van der Waals surface area contributed by atoms with Gasteiger partial charge in [-0.1, -0.05) is 5.10 Å². The second kappa shape index (κ2) is 3.10. The Morgan fingerprint density at radius 1 is 1.58 bits per heavy atom. The van der Waals surface area contributed by atoms with Crippen molar-refractivity contribution in [3.05, 3.63) is 6.39 Å². The summed E-state index contributed by atoms with van der Waals surface area (Å²) >= 11 is 0. The van der Waals surface area contributed by atoms with E-state index in [9.17, 15) is 0 Å². The van der Waals surface area contributed by atoms with Crippen LogP contribution in [0.2, 0.25) is 0 Å². The quantitative estimate of drug-likeness (QED) is 0.655. The van der Waals surface area contributed by atoms with Crippen molar-refractivity contribution in [1.29, 1.82) is 0 Å². The number of hydrogen-bond donors (Lipinski definition) is 1. The van der Waals surface area contributed by atoms with Gasteiger partial charge in [-0.3, -0.25) is 0 Å². The van der Waals surface area contributed by atoms with Gasteiger partial charge in [0.05, 0.1) is 6.17 Å². The van der Waals surface area contributed by atoms with Gasteiger partial charge in [0, 0.05) is 6.54 Å². The summed E-state index contributed by atoms with van der Waals surface area (Å²) in [7, 11) is 0. The fourth-order valence-electron chi connectivity index (χ4n) is 1.49. The van der Waals surface area contributed by atoms with Crippen LogP contribution in [0, 0.1) is 0 Å². The maximum absolute atomic E-state index is 5.87. The number of nitrogens with zero attached hydrogens (tertiary/aromatic N) is 3. The van der Waals surface area contributed by atoms with Crippen molar-refractivity contribution >= 4 is 6.01 Å². The molecule has 1 saturated heterocycles. The van der Waals surface area contributed by atoms with E-state index in [2.05, 4.69) is 10.2 Å². The molecule has 0 bridgehead atoms. The van der Waals surface area contributed by atoms with Gasteiger partial charge in [-0.05, 0) is 19.3 Å². The molecule has 1 atom stereocenters. The van der Waals surface area contributed by atoms with E-state index < -0.39 is 0 Å². The lowest BCUT2D eigenvalue weighted by atomic mass is 10.1. The van der Waals surface area contributed by atoms with E-state index in [-0.39, 0.29) is 6.17 Å². The predicted molar refractivity (Wildman–Crippen MR) is 43.5 cm³/mol. The van der Waals surface area contributed by atoms with Crippen LogP contribution in [-0.4, -0.2) is 22.9 Å². The summed E-state index contributed by atoms with van der Waals surface area (Å²) in [5, 5.41) is 7.44. The van der Waals surface area contributed by atoms with Crippen LogP contribution < -0.4 is 10.6 Å². The normalized spacial score (nSPS) is 24.4. The summed E-state index contributed by atoms with van der Waals surface area (Å²) in [6.45, 7) is 0.920. The Labute approximate surface area is 70.6 Å².